The Morgan fingerprint density at radius 3 is 2.45 bits per heavy atom. The summed E-state index contributed by atoms with van der Waals surface area (Å²) in [5.74, 6) is -0.994. The largest absolute Gasteiger partial charge is 0.329 e. The molecule has 0 bridgehead atoms. The molecule has 0 saturated heterocycles. The molecule has 112 valence electrons. The summed E-state index contributed by atoms with van der Waals surface area (Å²) >= 11 is 0. The van der Waals surface area contributed by atoms with Crippen LogP contribution < -0.4 is 5.73 Å². The maximum absolute atomic E-state index is 13.8. The Hall–Kier alpha value is -1.00. The summed E-state index contributed by atoms with van der Waals surface area (Å²) in [6, 6.07) is 3.82. The zero-order valence-electron chi connectivity index (χ0n) is 12.2. The van der Waals surface area contributed by atoms with Crippen molar-refractivity contribution in [2.24, 2.45) is 5.73 Å². The first-order chi connectivity index (χ1) is 9.61. The van der Waals surface area contributed by atoms with E-state index in [-0.39, 0.29) is 5.54 Å². The maximum atomic E-state index is 13.8. The van der Waals surface area contributed by atoms with Gasteiger partial charge in [-0.05, 0) is 25.5 Å². The van der Waals surface area contributed by atoms with Crippen molar-refractivity contribution in [3.8, 4) is 0 Å². The lowest BCUT2D eigenvalue weighted by atomic mass is 9.80. The first-order valence-corrected chi connectivity index (χ1v) is 7.50. The zero-order chi connectivity index (χ0) is 14.6. The molecular weight excluding hydrogens is 258 g/mol. The van der Waals surface area contributed by atoms with Crippen LogP contribution in [0.25, 0.3) is 0 Å². The number of hydrogen-bond donors (Lipinski definition) is 1. The third-order valence-corrected chi connectivity index (χ3v) is 4.59. The van der Waals surface area contributed by atoms with Crippen molar-refractivity contribution in [3.05, 3.63) is 35.4 Å². The van der Waals surface area contributed by atoms with E-state index in [0.29, 0.717) is 18.7 Å². The van der Waals surface area contributed by atoms with Gasteiger partial charge < -0.3 is 5.73 Å². The van der Waals surface area contributed by atoms with Crippen LogP contribution in [0.4, 0.5) is 8.78 Å². The minimum Gasteiger partial charge on any atom is -0.329 e. The van der Waals surface area contributed by atoms with E-state index in [4.69, 9.17) is 5.73 Å². The van der Waals surface area contributed by atoms with E-state index in [1.54, 1.807) is 6.07 Å². The molecule has 0 heterocycles. The molecule has 0 atom stereocenters. The molecular formula is C16H24F2N2. The highest BCUT2D eigenvalue weighted by molar-refractivity contribution is 5.19. The van der Waals surface area contributed by atoms with Gasteiger partial charge in [-0.1, -0.05) is 32.3 Å². The average Bonchev–Trinajstić information content (AvgIpc) is 2.47. The van der Waals surface area contributed by atoms with E-state index in [0.717, 1.165) is 25.5 Å². The molecule has 1 aliphatic carbocycles. The molecule has 2 nitrogen and oxygen atoms in total. The molecule has 0 aliphatic heterocycles. The molecule has 0 spiro atoms. The number of benzene rings is 1. The smallest absolute Gasteiger partial charge is 0.130 e. The fourth-order valence-corrected chi connectivity index (χ4v) is 3.33. The van der Waals surface area contributed by atoms with Crippen molar-refractivity contribution >= 4 is 0 Å². The quantitative estimate of drug-likeness (QED) is 0.896. The number of likely N-dealkylation sites (N-methyl/N-ethyl adjacent to an activating group) is 1. The molecule has 0 aromatic heterocycles. The zero-order valence-corrected chi connectivity index (χ0v) is 12.2. The Balaban J connectivity index is 2.18. The molecule has 20 heavy (non-hydrogen) atoms. The van der Waals surface area contributed by atoms with Crippen LogP contribution in [0, 0.1) is 11.6 Å². The highest BCUT2D eigenvalue weighted by Crippen LogP contribution is 2.34. The van der Waals surface area contributed by atoms with E-state index < -0.39 is 11.6 Å². The summed E-state index contributed by atoms with van der Waals surface area (Å²) in [6.07, 6.45) is 5.75. The first-order valence-electron chi connectivity index (χ1n) is 7.50. The number of rotatable bonds is 5. The number of nitrogens with two attached hydrogens (primary N) is 1. The molecule has 2 N–H and O–H groups in total. The standard InChI is InChI=1S/C16H24F2N2/c1-2-20(16(12-19)8-4-3-5-9-16)11-13-6-7-14(17)10-15(13)18/h6-7,10H,2-5,8-9,11-12,19H2,1H3. The van der Waals surface area contributed by atoms with Gasteiger partial charge in [0, 0.05) is 30.3 Å². The van der Waals surface area contributed by atoms with Gasteiger partial charge in [0.15, 0.2) is 0 Å². The van der Waals surface area contributed by atoms with E-state index in [1.165, 1.54) is 25.3 Å². The number of halogens is 2. The number of nitrogens with zero attached hydrogens (tertiary/aromatic N) is 1. The van der Waals surface area contributed by atoms with Gasteiger partial charge in [-0.2, -0.15) is 0 Å². The molecule has 4 heteroatoms. The van der Waals surface area contributed by atoms with Crippen molar-refractivity contribution in [1.29, 1.82) is 0 Å². The van der Waals surface area contributed by atoms with E-state index >= 15 is 0 Å². The van der Waals surface area contributed by atoms with Crippen LogP contribution in [0.2, 0.25) is 0 Å². The van der Waals surface area contributed by atoms with Crippen molar-refractivity contribution in [3.63, 3.8) is 0 Å². The van der Waals surface area contributed by atoms with Gasteiger partial charge in [-0.25, -0.2) is 8.78 Å². The van der Waals surface area contributed by atoms with Crippen LogP contribution in [-0.4, -0.2) is 23.5 Å². The highest BCUT2D eigenvalue weighted by Gasteiger charge is 2.36. The van der Waals surface area contributed by atoms with Crippen molar-refractivity contribution in [2.45, 2.75) is 51.1 Å². The van der Waals surface area contributed by atoms with Crippen molar-refractivity contribution in [2.75, 3.05) is 13.1 Å². The summed E-state index contributed by atoms with van der Waals surface area (Å²) < 4.78 is 26.8. The van der Waals surface area contributed by atoms with Gasteiger partial charge in [-0.15, -0.1) is 0 Å². The third kappa shape index (κ3) is 3.18. The lowest BCUT2D eigenvalue weighted by Crippen LogP contribution is -2.54. The molecule has 2 rings (SSSR count). The SMILES string of the molecule is CCN(Cc1ccc(F)cc1F)C1(CN)CCCCC1. The molecule has 1 saturated carbocycles. The van der Waals surface area contributed by atoms with Crippen molar-refractivity contribution < 1.29 is 8.78 Å². The molecule has 1 aromatic rings. The minimum atomic E-state index is -0.527. The van der Waals surface area contributed by atoms with Gasteiger partial charge in [-0.3, -0.25) is 4.90 Å². The van der Waals surface area contributed by atoms with Gasteiger partial charge in [0.2, 0.25) is 0 Å². The Bertz CT molecular complexity index is 442. The Kier molecular flexibility index (Phi) is 5.11. The fourth-order valence-electron chi connectivity index (χ4n) is 3.33. The lowest BCUT2D eigenvalue weighted by molar-refractivity contribution is 0.0537. The first kappa shape index (κ1) is 15.4. The van der Waals surface area contributed by atoms with Gasteiger partial charge >= 0.3 is 0 Å². The topological polar surface area (TPSA) is 29.3 Å². The summed E-state index contributed by atoms with van der Waals surface area (Å²) in [7, 11) is 0. The Labute approximate surface area is 120 Å². The molecule has 1 aliphatic rings. The summed E-state index contributed by atoms with van der Waals surface area (Å²) in [5.41, 5.74) is 6.56. The normalized spacial score (nSPS) is 18.4. The second kappa shape index (κ2) is 6.64. The van der Waals surface area contributed by atoms with Gasteiger partial charge in [0.05, 0.1) is 0 Å². The predicted molar refractivity (Wildman–Crippen MR) is 77.3 cm³/mol. The predicted octanol–water partition coefficient (Wildman–Crippen LogP) is 3.45. The Morgan fingerprint density at radius 2 is 1.90 bits per heavy atom. The second-order valence-corrected chi connectivity index (χ2v) is 5.74. The van der Waals surface area contributed by atoms with Crippen LogP contribution in [-0.2, 0) is 6.54 Å². The molecule has 1 fully saturated rings. The van der Waals surface area contributed by atoms with E-state index in [9.17, 15) is 8.78 Å². The van der Waals surface area contributed by atoms with Gasteiger partial charge in [0.1, 0.15) is 11.6 Å². The van der Waals surface area contributed by atoms with Crippen LogP contribution >= 0.6 is 0 Å². The fraction of sp³-hybridized carbons (Fsp3) is 0.625. The summed E-state index contributed by atoms with van der Waals surface area (Å²) in [5, 5.41) is 0. The van der Waals surface area contributed by atoms with Crippen molar-refractivity contribution in [1.82, 2.24) is 4.90 Å². The van der Waals surface area contributed by atoms with E-state index in [1.807, 2.05) is 0 Å². The number of hydrogen-bond acceptors (Lipinski definition) is 2. The second-order valence-electron chi connectivity index (χ2n) is 5.74. The Morgan fingerprint density at radius 1 is 1.20 bits per heavy atom. The highest BCUT2D eigenvalue weighted by atomic mass is 19.1. The average molecular weight is 282 g/mol. The molecule has 0 radical (unpaired) electrons. The van der Waals surface area contributed by atoms with Crippen LogP contribution in [0.5, 0.6) is 0 Å². The molecule has 0 amide bonds. The van der Waals surface area contributed by atoms with Crippen LogP contribution in [0.3, 0.4) is 0 Å². The third-order valence-electron chi connectivity index (χ3n) is 4.59. The molecule has 0 unspecified atom stereocenters. The van der Waals surface area contributed by atoms with Crippen LogP contribution in [0.15, 0.2) is 18.2 Å². The van der Waals surface area contributed by atoms with Crippen LogP contribution in [0.1, 0.15) is 44.6 Å². The minimum absolute atomic E-state index is 0.0200. The van der Waals surface area contributed by atoms with E-state index in [2.05, 4.69) is 11.8 Å². The lowest BCUT2D eigenvalue weighted by Gasteiger charge is -2.45. The monoisotopic (exact) mass is 282 g/mol. The molecule has 1 aromatic carbocycles. The summed E-state index contributed by atoms with van der Waals surface area (Å²) in [4.78, 5) is 2.27. The van der Waals surface area contributed by atoms with Gasteiger partial charge in [0.25, 0.3) is 0 Å². The summed E-state index contributed by atoms with van der Waals surface area (Å²) in [6.45, 7) is 4.00. The maximum Gasteiger partial charge on any atom is 0.130 e.